The molecule has 0 aromatic carbocycles. The smallest absolute Gasteiger partial charge is 0.347 e. The van der Waals surface area contributed by atoms with Crippen molar-refractivity contribution in [2.45, 2.75) is 52.4 Å². The number of carboxylic acid groups (broad SMARTS) is 1. The highest BCUT2D eigenvalue weighted by atomic mass is 32.1. The lowest BCUT2D eigenvalue weighted by Gasteiger charge is -2.29. The maximum Gasteiger partial charge on any atom is 0.347 e. The van der Waals surface area contributed by atoms with Crippen LogP contribution in [0.4, 0.5) is 0 Å². The Balaban J connectivity index is 1.92. The lowest BCUT2D eigenvalue weighted by molar-refractivity contribution is 0.0700. The second kappa shape index (κ2) is 7.90. The van der Waals surface area contributed by atoms with Gasteiger partial charge in [-0.2, -0.15) is 0 Å². The Morgan fingerprint density at radius 2 is 2.10 bits per heavy atom. The number of hydrogen-bond donors (Lipinski definition) is 1. The maximum atomic E-state index is 11.3. The summed E-state index contributed by atoms with van der Waals surface area (Å²) in [6, 6.07) is 0. The van der Waals surface area contributed by atoms with Gasteiger partial charge in [0.05, 0.1) is 10.7 Å². The number of piperidine rings is 1. The summed E-state index contributed by atoms with van der Waals surface area (Å²) in [5, 5.41) is 10.3. The van der Waals surface area contributed by atoms with Gasteiger partial charge in [-0.1, -0.05) is 20.3 Å². The van der Waals surface area contributed by atoms with Crippen molar-refractivity contribution in [3.8, 4) is 0 Å². The number of thiazole rings is 1. The molecule has 0 atom stereocenters. The third kappa shape index (κ3) is 4.78. The van der Waals surface area contributed by atoms with E-state index in [0.717, 1.165) is 48.8 Å². The van der Waals surface area contributed by atoms with Gasteiger partial charge < -0.3 is 10.0 Å². The molecule has 0 radical (unpaired) electrons. The Morgan fingerprint density at radius 1 is 1.38 bits per heavy atom. The van der Waals surface area contributed by atoms with E-state index in [1.807, 2.05) is 0 Å². The molecule has 0 saturated carbocycles. The summed E-state index contributed by atoms with van der Waals surface area (Å²) in [5.41, 5.74) is 0.789. The van der Waals surface area contributed by atoms with Gasteiger partial charge in [-0.25, -0.2) is 9.78 Å². The molecule has 1 saturated heterocycles. The van der Waals surface area contributed by atoms with E-state index in [0.29, 0.717) is 4.88 Å². The van der Waals surface area contributed by atoms with Gasteiger partial charge in [0, 0.05) is 13.0 Å². The molecule has 0 unspecified atom stereocenters. The molecule has 21 heavy (non-hydrogen) atoms. The molecule has 118 valence electrons. The van der Waals surface area contributed by atoms with Gasteiger partial charge in [0.2, 0.25) is 0 Å². The molecule has 2 heterocycles. The Morgan fingerprint density at radius 3 is 2.71 bits per heavy atom. The SMILES string of the molecule is CCCCc1nc(CCN2CCC(C)CC2)sc1C(=O)O. The summed E-state index contributed by atoms with van der Waals surface area (Å²) < 4.78 is 0. The average molecular weight is 310 g/mol. The lowest BCUT2D eigenvalue weighted by atomic mass is 9.99. The van der Waals surface area contributed by atoms with Crippen molar-refractivity contribution in [3.63, 3.8) is 0 Å². The molecule has 4 nitrogen and oxygen atoms in total. The standard InChI is InChI=1S/C16H26N2O2S/c1-3-4-5-13-15(16(19)20)21-14(17-13)8-11-18-9-6-12(2)7-10-18/h12H,3-11H2,1-2H3,(H,19,20). The number of rotatable bonds is 7. The quantitative estimate of drug-likeness (QED) is 0.838. The van der Waals surface area contributed by atoms with Crippen molar-refractivity contribution >= 4 is 17.3 Å². The van der Waals surface area contributed by atoms with Crippen LogP contribution >= 0.6 is 11.3 Å². The van der Waals surface area contributed by atoms with Crippen LogP contribution in [0.25, 0.3) is 0 Å². The first-order valence-corrected chi connectivity index (χ1v) is 8.86. The van der Waals surface area contributed by atoms with E-state index in [1.165, 1.54) is 37.3 Å². The predicted octanol–water partition coefficient (Wildman–Crippen LogP) is 3.46. The molecule has 1 aliphatic rings. The monoisotopic (exact) mass is 310 g/mol. The van der Waals surface area contributed by atoms with Gasteiger partial charge >= 0.3 is 5.97 Å². The molecule has 1 aromatic heterocycles. The van der Waals surface area contributed by atoms with Gasteiger partial charge in [-0.3, -0.25) is 0 Å². The first-order valence-electron chi connectivity index (χ1n) is 8.04. The Kier molecular flexibility index (Phi) is 6.18. The molecule has 1 N–H and O–H groups in total. The second-order valence-electron chi connectivity index (χ2n) is 6.07. The topological polar surface area (TPSA) is 53.4 Å². The Hall–Kier alpha value is -0.940. The number of likely N-dealkylation sites (tertiary alicyclic amines) is 1. The second-order valence-corrected chi connectivity index (χ2v) is 7.15. The number of aromatic nitrogens is 1. The molecule has 1 aromatic rings. The highest BCUT2D eigenvalue weighted by Crippen LogP contribution is 2.22. The fourth-order valence-electron chi connectivity index (χ4n) is 2.73. The van der Waals surface area contributed by atoms with E-state index in [9.17, 15) is 9.90 Å². The minimum atomic E-state index is -0.823. The van der Waals surface area contributed by atoms with Crippen LogP contribution in [0.2, 0.25) is 0 Å². The number of carboxylic acids is 1. The molecule has 0 bridgehead atoms. The number of hydrogen-bond acceptors (Lipinski definition) is 4. The van der Waals surface area contributed by atoms with Gasteiger partial charge in [0.15, 0.2) is 0 Å². The minimum Gasteiger partial charge on any atom is -0.477 e. The van der Waals surface area contributed by atoms with Crippen LogP contribution in [0.1, 0.15) is 59.9 Å². The van der Waals surface area contributed by atoms with Crippen molar-refractivity contribution in [3.05, 3.63) is 15.6 Å². The molecule has 0 aliphatic carbocycles. The molecule has 0 amide bonds. The lowest BCUT2D eigenvalue weighted by Crippen LogP contribution is -2.34. The molecule has 0 spiro atoms. The van der Waals surface area contributed by atoms with E-state index in [-0.39, 0.29) is 0 Å². The Bertz CT molecular complexity index is 465. The summed E-state index contributed by atoms with van der Waals surface area (Å²) in [4.78, 5) is 18.8. The fraction of sp³-hybridized carbons (Fsp3) is 0.750. The van der Waals surface area contributed by atoms with Crippen molar-refractivity contribution in [1.82, 2.24) is 9.88 Å². The first kappa shape index (κ1) is 16.4. The third-order valence-corrected chi connectivity index (χ3v) is 5.37. The summed E-state index contributed by atoms with van der Waals surface area (Å²) in [6.45, 7) is 7.77. The predicted molar refractivity (Wildman–Crippen MR) is 86.2 cm³/mol. The van der Waals surface area contributed by atoms with Crippen LogP contribution in [-0.4, -0.2) is 40.6 Å². The molecule has 5 heteroatoms. The summed E-state index contributed by atoms with van der Waals surface area (Å²) >= 11 is 1.37. The van der Waals surface area contributed by atoms with Gasteiger partial charge in [-0.05, 0) is 44.7 Å². The molecule has 1 fully saturated rings. The zero-order valence-electron chi connectivity index (χ0n) is 13.1. The molecular formula is C16H26N2O2S. The maximum absolute atomic E-state index is 11.3. The number of aromatic carboxylic acids is 1. The summed E-state index contributed by atoms with van der Waals surface area (Å²) in [6.07, 6.45) is 6.30. The van der Waals surface area contributed by atoms with E-state index in [4.69, 9.17) is 0 Å². The molecule has 1 aliphatic heterocycles. The average Bonchev–Trinajstić information content (AvgIpc) is 2.88. The first-order chi connectivity index (χ1) is 10.1. The van der Waals surface area contributed by atoms with Gasteiger partial charge in [0.25, 0.3) is 0 Å². The van der Waals surface area contributed by atoms with Crippen LogP contribution in [0, 0.1) is 5.92 Å². The normalized spacial score (nSPS) is 17.2. The van der Waals surface area contributed by atoms with E-state index in [1.54, 1.807) is 0 Å². The van der Waals surface area contributed by atoms with Crippen molar-refractivity contribution in [2.75, 3.05) is 19.6 Å². The van der Waals surface area contributed by atoms with Crippen LogP contribution in [0.3, 0.4) is 0 Å². The summed E-state index contributed by atoms with van der Waals surface area (Å²) in [5.74, 6) is 0.0250. The van der Waals surface area contributed by atoms with Crippen LogP contribution in [0.5, 0.6) is 0 Å². The Labute approximate surface area is 131 Å². The molecular weight excluding hydrogens is 284 g/mol. The largest absolute Gasteiger partial charge is 0.477 e. The van der Waals surface area contributed by atoms with Crippen LogP contribution in [-0.2, 0) is 12.8 Å². The fourth-order valence-corrected chi connectivity index (χ4v) is 3.67. The van der Waals surface area contributed by atoms with E-state index < -0.39 is 5.97 Å². The van der Waals surface area contributed by atoms with Crippen molar-refractivity contribution in [1.29, 1.82) is 0 Å². The zero-order valence-corrected chi connectivity index (χ0v) is 13.9. The van der Waals surface area contributed by atoms with E-state index in [2.05, 4.69) is 23.7 Å². The van der Waals surface area contributed by atoms with Gasteiger partial charge in [0.1, 0.15) is 4.88 Å². The number of nitrogens with zero attached hydrogens (tertiary/aromatic N) is 2. The van der Waals surface area contributed by atoms with Crippen LogP contribution < -0.4 is 0 Å². The number of carbonyl (C=O) groups is 1. The van der Waals surface area contributed by atoms with Crippen molar-refractivity contribution < 1.29 is 9.90 Å². The highest BCUT2D eigenvalue weighted by Gasteiger charge is 2.19. The molecule has 2 rings (SSSR count). The van der Waals surface area contributed by atoms with E-state index >= 15 is 0 Å². The minimum absolute atomic E-state index is 0.450. The van der Waals surface area contributed by atoms with Gasteiger partial charge in [-0.15, -0.1) is 11.3 Å². The summed E-state index contributed by atoms with van der Waals surface area (Å²) in [7, 11) is 0. The zero-order chi connectivity index (χ0) is 15.2. The van der Waals surface area contributed by atoms with Crippen molar-refractivity contribution in [2.24, 2.45) is 5.92 Å². The number of unbranched alkanes of at least 4 members (excludes halogenated alkanes) is 1. The third-order valence-electron chi connectivity index (χ3n) is 4.22. The van der Waals surface area contributed by atoms with Crippen LogP contribution in [0.15, 0.2) is 0 Å². The highest BCUT2D eigenvalue weighted by molar-refractivity contribution is 7.13. The number of aryl methyl sites for hydroxylation is 1.